The molecule has 0 bridgehead atoms. The van der Waals surface area contributed by atoms with Crippen molar-refractivity contribution in [3.05, 3.63) is 52.8 Å². The fourth-order valence-corrected chi connectivity index (χ4v) is 3.50. The van der Waals surface area contributed by atoms with Crippen molar-refractivity contribution in [3.63, 3.8) is 0 Å². The smallest absolute Gasteiger partial charge is 0.141 e. The zero-order chi connectivity index (χ0) is 17.2. The van der Waals surface area contributed by atoms with Crippen LogP contribution in [0.1, 0.15) is 19.3 Å². The molecule has 1 fully saturated rings. The summed E-state index contributed by atoms with van der Waals surface area (Å²) in [6.45, 7) is 2.21. The zero-order valence-electron chi connectivity index (χ0n) is 14.1. The Morgan fingerprint density at radius 2 is 1.69 bits per heavy atom. The number of nitrogens with one attached hydrogen (secondary N) is 1. The molecule has 2 heterocycles. The van der Waals surface area contributed by atoms with E-state index in [1.807, 2.05) is 6.07 Å². The summed E-state index contributed by atoms with van der Waals surface area (Å²) in [7, 11) is 0. The number of nitrogens with zero attached hydrogens (tertiary/aromatic N) is 3. The summed E-state index contributed by atoms with van der Waals surface area (Å²) in [5.41, 5.74) is 2.98. The third-order valence-corrected chi connectivity index (χ3v) is 5.26. The van der Waals surface area contributed by atoms with Gasteiger partial charge < -0.3 is 10.2 Å². The van der Waals surface area contributed by atoms with Crippen molar-refractivity contribution in [1.29, 1.82) is 0 Å². The van der Waals surface area contributed by atoms with Crippen LogP contribution in [0.15, 0.2) is 42.7 Å². The van der Waals surface area contributed by atoms with Crippen molar-refractivity contribution in [1.82, 2.24) is 9.97 Å². The summed E-state index contributed by atoms with van der Waals surface area (Å²) in [6.07, 6.45) is 5.38. The molecule has 0 aliphatic carbocycles. The molecule has 0 radical (unpaired) electrons. The number of anilines is 3. The highest BCUT2D eigenvalue weighted by molar-refractivity contribution is 6.42. The Hall–Kier alpha value is -1.75. The first kappa shape index (κ1) is 19.0. The topological polar surface area (TPSA) is 41.1 Å². The van der Waals surface area contributed by atoms with E-state index in [0.717, 1.165) is 35.5 Å². The van der Waals surface area contributed by atoms with Gasteiger partial charge in [0.15, 0.2) is 0 Å². The number of piperidine rings is 1. The van der Waals surface area contributed by atoms with Gasteiger partial charge in [-0.25, -0.2) is 9.97 Å². The predicted molar refractivity (Wildman–Crippen MR) is 113 cm³/mol. The molecule has 1 aromatic heterocycles. The quantitative estimate of drug-likeness (QED) is 0.568. The second-order valence-corrected chi connectivity index (χ2v) is 7.04. The molecule has 0 saturated carbocycles. The van der Waals surface area contributed by atoms with Gasteiger partial charge in [0.25, 0.3) is 0 Å². The Labute approximate surface area is 168 Å². The number of halogens is 3. The zero-order valence-corrected chi connectivity index (χ0v) is 16.4. The van der Waals surface area contributed by atoms with Crippen LogP contribution in [-0.2, 0) is 0 Å². The van der Waals surface area contributed by atoms with Gasteiger partial charge in [0, 0.05) is 29.9 Å². The molecule has 0 unspecified atom stereocenters. The third-order valence-electron chi connectivity index (χ3n) is 4.52. The molecule has 0 spiro atoms. The van der Waals surface area contributed by atoms with Crippen molar-refractivity contribution >= 4 is 63.7 Å². The minimum absolute atomic E-state index is 0. The van der Waals surface area contributed by atoms with Gasteiger partial charge in [0.05, 0.1) is 15.6 Å². The Morgan fingerprint density at radius 3 is 2.46 bits per heavy atom. The second kappa shape index (κ2) is 8.30. The Balaban J connectivity index is 0.00000196. The Kier molecular flexibility index (Phi) is 6.07. The number of rotatable bonds is 3. The minimum atomic E-state index is 0. The van der Waals surface area contributed by atoms with Crippen molar-refractivity contribution in [2.45, 2.75) is 19.3 Å². The molecule has 7 heteroatoms. The minimum Gasteiger partial charge on any atom is -0.372 e. The molecule has 1 aliphatic heterocycles. The van der Waals surface area contributed by atoms with Gasteiger partial charge in [-0.2, -0.15) is 0 Å². The molecule has 4 rings (SSSR count). The van der Waals surface area contributed by atoms with E-state index in [-0.39, 0.29) is 12.4 Å². The van der Waals surface area contributed by atoms with E-state index in [2.05, 4.69) is 38.4 Å². The molecule has 0 atom stereocenters. The second-order valence-electron chi connectivity index (χ2n) is 6.23. The first-order valence-electron chi connectivity index (χ1n) is 8.42. The standard InChI is InChI=1S/C19H18Cl2N4.ClH/c20-16-6-4-13(10-17(16)21)24-19-15-11-14(25-8-2-1-3-9-25)5-7-18(15)22-12-23-19;/h4-7,10-12H,1-3,8-9H2,(H,22,23,24);1H. The number of hydrogen-bond donors (Lipinski definition) is 1. The van der Waals surface area contributed by atoms with Gasteiger partial charge in [-0.15, -0.1) is 12.4 Å². The maximum absolute atomic E-state index is 6.11. The highest BCUT2D eigenvalue weighted by Gasteiger charge is 2.13. The first-order valence-corrected chi connectivity index (χ1v) is 9.18. The predicted octanol–water partition coefficient (Wildman–Crippen LogP) is 6.09. The summed E-state index contributed by atoms with van der Waals surface area (Å²) in [5.74, 6) is 0.766. The first-order chi connectivity index (χ1) is 12.2. The van der Waals surface area contributed by atoms with Crippen LogP contribution >= 0.6 is 35.6 Å². The summed E-state index contributed by atoms with van der Waals surface area (Å²) in [5, 5.41) is 5.38. The van der Waals surface area contributed by atoms with Crippen LogP contribution in [0.3, 0.4) is 0 Å². The molecule has 136 valence electrons. The van der Waals surface area contributed by atoms with Crippen LogP contribution < -0.4 is 10.2 Å². The number of hydrogen-bond acceptors (Lipinski definition) is 4. The number of aromatic nitrogens is 2. The van der Waals surface area contributed by atoms with E-state index in [1.54, 1.807) is 18.5 Å². The van der Waals surface area contributed by atoms with E-state index in [1.165, 1.54) is 24.9 Å². The van der Waals surface area contributed by atoms with Gasteiger partial charge >= 0.3 is 0 Å². The lowest BCUT2D eigenvalue weighted by Gasteiger charge is -2.29. The highest BCUT2D eigenvalue weighted by atomic mass is 35.5. The highest BCUT2D eigenvalue weighted by Crippen LogP contribution is 2.31. The van der Waals surface area contributed by atoms with Crippen LogP contribution in [0.4, 0.5) is 17.2 Å². The van der Waals surface area contributed by atoms with Crippen LogP contribution in [-0.4, -0.2) is 23.1 Å². The largest absolute Gasteiger partial charge is 0.372 e. The van der Waals surface area contributed by atoms with Crippen molar-refractivity contribution in [3.8, 4) is 0 Å². The van der Waals surface area contributed by atoms with Gasteiger partial charge in [-0.1, -0.05) is 23.2 Å². The van der Waals surface area contributed by atoms with Gasteiger partial charge in [0.2, 0.25) is 0 Å². The normalized spacial score (nSPS) is 14.2. The number of benzene rings is 2. The Bertz CT molecular complexity index is 910. The molecular weight excluding hydrogens is 391 g/mol. The average Bonchev–Trinajstić information content (AvgIpc) is 2.65. The molecule has 1 saturated heterocycles. The average molecular weight is 410 g/mol. The summed E-state index contributed by atoms with van der Waals surface area (Å²) in [4.78, 5) is 11.2. The third kappa shape index (κ3) is 3.98. The van der Waals surface area contributed by atoms with Gasteiger partial charge in [-0.3, -0.25) is 0 Å². The van der Waals surface area contributed by atoms with E-state index in [9.17, 15) is 0 Å². The number of fused-ring (bicyclic) bond motifs is 1. The maximum atomic E-state index is 6.11. The monoisotopic (exact) mass is 408 g/mol. The summed E-state index contributed by atoms with van der Waals surface area (Å²) < 4.78 is 0. The molecule has 1 aliphatic rings. The van der Waals surface area contributed by atoms with Crippen LogP contribution in [0.25, 0.3) is 10.9 Å². The van der Waals surface area contributed by atoms with Crippen LogP contribution in [0, 0.1) is 0 Å². The summed E-state index contributed by atoms with van der Waals surface area (Å²) in [6, 6.07) is 11.8. The molecule has 2 aromatic carbocycles. The van der Waals surface area contributed by atoms with E-state index >= 15 is 0 Å². The maximum Gasteiger partial charge on any atom is 0.141 e. The van der Waals surface area contributed by atoms with Crippen molar-refractivity contribution in [2.24, 2.45) is 0 Å². The van der Waals surface area contributed by atoms with Crippen molar-refractivity contribution in [2.75, 3.05) is 23.3 Å². The van der Waals surface area contributed by atoms with Crippen molar-refractivity contribution < 1.29 is 0 Å². The summed E-state index contributed by atoms with van der Waals surface area (Å²) >= 11 is 12.1. The van der Waals surface area contributed by atoms with Crippen LogP contribution in [0.5, 0.6) is 0 Å². The molecule has 0 amide bonds. The molecule has 1 N–H and O–H groups in total. The SMILES string of the molecule is Cl.Clc1ccc(Nc2ncnc3ccc(N4CCCCC4)cc23)cc1Cl. The lowest BCUT2D eigenvalue weighted by atomic mass is 10.1. The molecule has 26 heavy (non-hydrogen) atoms. The lowest BCUT2D eigenvalue weighted by Crippen LogP contribution is -2.29. The van der Waals surface area contributed by atoms with E-state index in [0.29, 0.717) is 10.0 Å². The van der Waals surface area contributed by atoms with Gasteiger partial charge in [0.1, 0.15) is 12.1 Å². The fraction of sp³-hybridized carbons (Fsp3) is 0.263. The Morgan fingerprint density at radius 1 is 0.885 bits per heavy atom. The lowest BCUT2D eigenvalue weighted by molar-refractivity contribution is 0.578. The molecular formula is C19H19Cl3N4. The fourth-order valence-electron chi connectivity index (χ4n) is 3.20. The molecule has 4 nitrogen and oxygen atoms in total. The van der Waals surface area contributed by atoms with Crippen LogP contribution in [0.2, 0.25) is 10.0 Å². The van der Waals surface area contributed by atoms with E-state index in [4.69, 9.17) is 23.2 Å². The van der Waals surface area contributed by atoms with E-state index < -0.39 is 0 Å². The molecule has 3 aromatic rings. The van der Waals surface area contributed by atoms with Gasteiger partial charge in [-0.05, 0) is 55.7 Å².